The number of hydrogen-bond acceptors (Lipinski definition) is 4. The third-order valence-corrected chi connectivity index (χ3v) is 4.53. The molecule has 0 spiro atoms. The molecule has 1 N–H and O–H groups in total. The molecule has 4 rings (SSSR count). The Hall–Kier alpha value is -2.24. The summed E-state index contributed by atoms with van der Waals surface area (Å²) in [7, 11) is 0. The van der Waals surface area contributed by atoms with Crippen molar-refractivity contribution in [2.75, 3.05) is 13.3 Å². The van der Waals surface area contributed by atoms with Crippen LogP contribution in [0, 0.1) is 0 Å². The first-order valence-corrected chi connectivity index (χ1v) is 8.25. The van der Waals surface area contributed by atoms with E-state index in [0.29, 0.717) is 13.1 Å². The molecule has 1 saturated heterocycles. The Bertz CT molecular complexity index is 739. The lowest BCUT2D eigenvalue weighted by molar-refractivity contribution is -0.129. The molecule has 0 aliphatic carbocycles. The molecule has 132 valence electrons. The van der Waals surface area contributed by atoms with Crippen LogP contribution in [-0.2, 0) is 17.9 Å². The van der Waals surface area contributed by atoms with Crippen molar-refractivity contribution >= 4 is 18.3 Å². The van der Waals surface area contributed by atoms with E-state index >= 15 is 0 Å². The number of fused-ring (bicyclic) bond motifs is 1. The summed E-state index contributed by atoms with van der Waals surface area (Å²) in [6, 6.07) is 15.8. The van der Waals surface area contributed by atoms with E-state index in [2.05, 4.69) is 17.4 Å². The van der Waals surface area contributed by atoms with Crippen LogP contribution in [-0.4, -0.2) is 30.2 Å². The number of ether oxygens (including phenoxy) is 2. The Balaban J connectivity index is 0.00000182. The van der Waals surface area contributed by atoms with Crippen LogP contribution in [0.4, 0.5) is 0 Å². The Labute approximate surface area is 153 Å². The van der Waals surface area contributed by atoms with Crippen molar-refractivity contribution in [2.24, 2.45) is 0 Å². The van der Waals surface area contributed by atoms with Crippen molar-refractivity contribution in [3.8, 4) is 11.5 Å². The summed E-state index contributed by atoms with van der Waals surface area (Å²) < 4.78 is 10.9. The van der Waals surface area contributed by atoms with E-state index < -0.39 is 0 Å². The normalized spacial score (nSPS) is 18.3. The van der Waals surface area contributed by atoms with Gasteiger partial charge in [0.2, 0.25) is 12.7 Å². The molecule has 0 radical (unpaired) electrons. The van der Waals surface area contributed by atoms with Crippen LogP contribution in [0.2, 0.25) is 0 Å². The lowest BCUT2D eigenvalue weighted by Gasteiger charge is -2.17. The average molecular weight is 361 g/mol. The first kappa shape index (κ1) is 17.6. The monoisotopic (exact) mass is 360 g/mol. The fraction of sp³-hybridized carbons (Fsp3) is 0.316. The van der Waals surface area contributed by atoms with Crippen molar-refractivity contribution < 1.29 is 14.3 Å². The Morgan fingerprint density at radius 3 is 2.76 bits per heavy atom. The number of halogens is 1. The van der Waals surface area contributed by atoms with Gasteiger partial charge in [-0.3, -0.25) is 4.79 Å². The SMILES string of the molecule is Cl.O=C1C(NCc2cccc3c2OCO3)CCN1Cc1ccccc1. The van der Waals surface area contributed by atoms with Gasteiger partial charge in [-0.25, -0.2) is 0 Å². The van der Waals surface area contributed by atoms with Crippen LogP contribution < -0.4 is 14.8 Å². The van der Waals surface area contributed by atoms with Crippen LogP contribution in [0.15, 0.2) is 48.5 Å². The average Bonchev–Trinajstić information content (AvgIpc) is 3.22. The number of carbonyl (C=O) groups excluding carboxylic acids is 1. The van der Waals surface area contributed by atoms with Gasteiger partial charge in [-0.2, -0.15) is 0 Å². The molecule has 0 bridgehead atoms. The predicted molar refractivity (Wildman–Crippen MR) is 96.9 cm³/mol. The number of likely N-dealkylation sites (tertiary alicyclic amines) is 1. The molecule has 2 aromatic rings. The van der Waals surface area contributed by atoms with Gasteiger partial charge in [0.15, 0.2) is 11.5 Å². The maximum atomic E-state index is 12.6. The van der Waals surface area contributed by atoms with E-state index in [1.807, 2.05) is 41.3 Å². The zero-order valence-electron chi connectivity index (χ0n) is 13.8. The van der Waals surface area contributed by atoms with Crippen LogP contribution >= 0.6 is 12.4 Å². The van der Waals surface area contributed by atoms with E-state index in [0.717, 1.165) is 35.6 Å². The molecule has 2 aromatic carbocycles. The van der Waals surface area contributed by atoms with Crippen molar-refractivity contribution in [3.63, 3.8) is 0 Å². The highest BCUT2D eigenvalue weighted by atomic mass is 35.5. The molecule has 2 aliphatic heterocycles. The van der Waals surface area contributed by atoms with Crippen LogP contribution in [0.25, 0.3) is 0 Å². The summed E-state index contributed by atoms with van der Waals surface area (Å²) in [5.74, 6) is 1.73. The summed E-state index contributed by atoms with van der Waals surface area (Å²) in [6.07, 6.45) is 0.831. The van der Waals surface area contributed by atoms with Gasteiger partial charge in [-0.1, -0.05) is 42.5 Å². The molecule has 1 atom stereocenters. The van der Waals surface area contributed by atoms with Crippen LogP contribution in [0.1, 0.15) is 17.5 Å². The maximum absolute atomic E-state index is 12.6. The first-order chi connectivity index (χ1) is 11.8. The Morgan fingerprint density at radius 2 is 1.92 bits per heavy atom. The number of para-hydroxylation sites is 1. The van der Waals surface area contributed by atoms with Crippen molar-refractivity contribution in [1.29, 1.82) is 0 Å². The van der Waals surface area contributed by atoms with Crippen molar-refractivity contribution in [2.45, 2.75) is 25.6 Å². The Morgan fingerprint density at radius 1 is 1.08 bits per heavy atom. The minimum absolute atomic E-state index is 0. The van der Waals surface area contributed by atoms with E-state index in [4.69, 9.17) is 9.47 Å². The fourth-order valence-electron chi connectivity index (χ4n) is 3.25. The lowest BCUT2D eigenvalue weighted by atomic mass is 10.1. The van der Waals surface area contributed by atoms with Gasteiger partial charge in [0.1, 0.15) is 0 Å². The summed E-state index contributed by atoms with van der Waals surface area (Å²) in [5, 5.41) is 3.37. The number of nitrogens with one attached hydrogen (secondary N) is 1. The highest BCUT2D eigenvalue weighted by Crippen LogP contribution is 2.35. The predicted octanol–water partition coefficient (Wildman–Crippen LogP) is 2.73. The van der Waals surface area contributed by atoms with Crippen molar-refractivity contribution in [3.05, 3.63) is 59.7 Å². The van der Waals surface area contributed by atoms with Gasteiger partial charge < -0.3 is 19.7 Å². The molecular formula is C19H21ClN2O3. The quantitative estimate of drug-likeness (QED) is 0.890. The zero-order valence-corrected chi connectivity index (χ0v) is 14.6. The molecule has 0 saturated carbocycles. The second-order valence-electron chi connectivity index (χ2n) is 6.12. The molecule has 2 heterocycles. The molecule has 5 nitrogen and oxygen atoms in total. The highest BCUT2D eigenvalue weighted by Gasteiger charge is 2.31. The van der Waals surface area contributed by atoms with E-state index in [1.54, 1.807) is 0 Å². The molecule has 6 heteroatoms. The van der Waals surface area contributed by atoms with E-state index in [-0.39, 0.29) is 31.1 Å². The molecule has 1 amide bonds. The number of nitrogens with zero attached hydrogens (tertiary/aromatic N) is 1. The summed E-state index contributed by atoms with van der Waals surface area (Å²) in [5.41, 5.74) is 2.19. The molecule has 1 fully saturated rings. The van der Waals surface area contributed by atoms with Gasteiger partial charge in [0.05, 0.1) is 6.04 Å². The second-order valence-corrected chi connectivity index (χ2v) is 6.12. The number of hydrogen-bond donors (Lipinski definition) is 1. The van der Waals surface area contributed by atoms with Gasteiger partial charge in [0, 0.05) is 25.2 Å². The topological polar surface area (TPSA) is 50.8 Å². The van der Waals surface area contributed by atoms with E-state index in [1.165, 1.54) is 0 Å². The molecule has 0 aromatic heterocycles. The third kappa shape index (κ3) is 3.72. The number of carbonyl (C=O) groups is 1. The first-order valence-electron chi connectivity index (χ1n) is 8.25. The van der Waals surface area contributed by atoms with Gasteiger partial charge in [-0.05, 0) is 18.1 Å². The maximum Gasteiger partial charge on any atom is 0.240 e. The number of benzene rings is 2. The number of amides is 1. The van der Waals surface area contributed by atoms with Gasteiger partial charge in [0.25, 0.3) is 0 Å². The number of rotatable bonds is 5. The van der Waals surface area contributed by atoms with Crippen LogP contribution in [0.5, 0.6) is 11.5 Å². The largest absolute Gasteiger partial charge is 0.454 e. The molecule has 2 aliphatic rings. The lowest BCUT2D eigenvalue weighted by Crippen LogP contribution is -2.37. The van der Waals surface area contributed by atoms with Crippen molar-refractivity contribution in [1.82, 2.24) is 10.2 Å². The summed E-state index contributed by atoms with van der Waals surface area (Å²) in [6.45, 7) is 2.33. The minimum Gasteiger partial charge on any atom is -0.454 e. The van der Waals surface area contributed by atoms with Gasteiger partial charge in [-0.15, -0.1) is 12.4 Å². The van der Waals surface area contributed by atoms with Gasteiger partial charge >= 0.3 is 0 Å². The standard InChI is InChI=1S/C19H20N2O3.ClH/c22-19-16(9-10-21(19)12-14-5-2-1-3-6-14)20-11-15-7-4-8-17-18(15)24-13-23-17;/h1-8,16,20H,9-13H2;1H. The molecular weight excluding hydrogens is 340 g/mol. The van der Waals surface area contributed by atoms with Crippen LogP contribution in [0.3, 0.4) is 0 Å². The summed E-state index contributed by atoms with van der Waals surface area (Å²) >= 11 is 0. The smallest absolute Gasteiger partial charge is 0.240 e. The molecule has 1 unspecified atom stereocenters. The fourth-order valence-corrected chi connectivity index (χ4v) is 3.25. The summed E-state index contributed by atoms with van der Waals surface area (Å²) in [4.78, 5) is 14.5. The minimum atomic E-state index is -0.133. The highest BCUT2D eigenvalue weighted by molar-refractivity contribution is 5.85. The Kier molecular flexibility index (Phi) is 5.46. The second kappa shape index (κ2) is 7.76. The van der Waals surface area contributed by atoms with E-state index in [9.17, 15) is 4.79 Å². The third-order valence-electron chi connectivity index (χ3n) is 4.53. The molecule has 25 heavy (non-hydrogen) atoms. The zero-order chi connectivity index (χ0) is 16.4.